The van der Waals surface area contributed by atoms with Crippen LogP contribution >= 0.6 is 0 Å². The first-order valence-corrected chi connectivity index (χ1v) is 6.01. The second-order valence-electron chi connectivity index (χ2n) is 4.69. The Morgan fingerprint density at radius 2 is 1.95 bits per heavy atom. The van der Waals surface area contributed by atoms with Crippen LogP contribution in [0.1, 0.15) is 20.3 Å². The number of ether oxygens (including phenoxy) is 1. The Hall–Kier alpha value is -2.17. The van der Waals surface area contributed by atoms with Gasteiger partial charge in [0.25, 0.3) is 0 Å². The summed E-state index contributed by atoms with van der Waals surface area (Å²) in [5.74, 6) is -0.537. The average Bonchev–Trinajstić information content (AvgIpc) is 2.78. The van der Waals surface area contributed by atoms with Crippen molar-refractivity contribution in [3.05, 3.63) is 30.3 Å². The number of para-hydroxylation sites is 1. The summed E-state index contributed by atoms with van der Waals surface area (Å²) < 4.78 is 4.85. The Morgan fingerprint density at radius 3 is 2.47 bits per heavy atom. The van der Waals surface area contributed by atoms with Gasteiger partial charge in [-0.2, -0.15) is 5.10 Å². The van der Waals surface area contributed by atoms with Crippen molar-refractivity contribution in [3.8, 4) is 0 Å². The van der Waals surface area contributed by atoms with Gasteiger partial charge in [0.15, 0.2) is 11.3 Å². The number of ketones is 1. The van der Waals surface area contributed by atoms with Gasteiger partial charge < -0.3 is 4.74 Å². The first-order chi connectivity index (χ1) is 8.99. The number of carbonyl (C=O) groups excluding carboxylic acids is 2. The van der Waals surface area contributed by atoms with Crippen molar-refractivity contribution in [1.82, 2.24) is 0 Å². The number of rotatable bonds is 3. The van der Waals surface area contributed by atoms with E-state index in [1.54, 1.807) is 11.9 Å². The molecule has 0 saturated carbocycles. The fourth-order valence-electron chi connectivity index (χ4n) is 2.15. The van der Waals surface area contributed by atoms with Crippen molar-refractivity contribution in [3.63, 3.8) is 0 Å². The van der Waals surface area contributed by atoms with Gasteiger partial charge in [-0.05, 0) is 19.1 Å². The fourth-order valence-corrected chi connectivity index (χ4v) is 2.15. The number of Topliss-reactive ketones (excluding diaryl/α,β-unsaturated/α-hetero) is 1. The van der Waals surface area contributed by atoms with Crippen LogP contribution < -0.4 is 5.01 Å². The molecule has 19 heavy (non-hydrogen) atoms. The van der Waals surface area contributed by atoms with E-state index >= 15 is 0 Å². The van der Waals surface area contributed by atoms with Crippen molar-refractivity contribution in [1.29, 1.82) is 0 Å². The van der Waals surface area contributed by atoms with Crippen LogP contribution in [0.15, 0.2) is 35.4 Å². The lowest BCUT2D eigenvalue weighted by molar-refractivity contribution is -0.146. The number of esters is 1. The summed E-state index contributed by atoms with van der Waals surface area (Å²) >= 11 is 0. The van der Waals surface area contributed by atoms with E-state index in [0.717, 1.165) is 5.69 Å². The van der Waals surface area contributed by atoms with Crippen LogP contribution in [0.3, 0.4) is 0 Å². The van der Waals surface area contributed by atoms with E-state index in [1.807, 2.05) is 30.3 Å². The van der Waals surface area contributed by atoms with E-state index in [4.69, 9.17) is 4.74 Å². The predicted octanol–water partition coefficient (Wildman–Crippen LogP) is 1.77. The molecule has 0 aliphatic carbocycles. The maximum Gasteiger partial charge on any atom is 0.333 e. The number of nitrogens with zero attached hydrogens (tertiary/aromatic N) is 2. The minimum absolute atomic E-state index is 0.131. The number of benzene rings is 1. The van der Waals surface area contributed by atoms with Crippen LogP contribution in [0.4, 0.5) is 5.69 Å². The van der Waals surface area contributed by atoms with Crippen molar-refractivity contribution < 1.29 is 14.3 Å². The van der Waals surface area contributed by atoms with Gasteiger partial charge in [-0.1, -0.05) is 18.2 Å². The molecule has 0 bridgehead atoms. The van der Waals surface area contributed by atoms with E-state index in [1.165, 1.54) is 14.0 Å². The zero-order chi connectivity index (χ0) is 14.0. The molecule has 0 N–H and O–H groups in total. The second kappa shape index (κ2) is 4.84. The second-order valence-corrected chi connectivity index (χ2v) is 4.69. The Morgan fingerprint density at radius 1 is 1.32 bits per heavy atom. The maximum atomic E-state index is 12.0. The zero-order valence-electron chi connectivity index (χ0n) is 11.2. The van der Waals surface area contributed by atoms with Crippen LogP contribution in [-0.2, 0) is 14.3 Å². The quantitative estimate of drug-likeness (QED) is 0.777. The Bertz CT molecular complexity index is 539. The molecule has 1 aromatic rings. The summed E-state index contributed by atoms with van der Waals surface area (Å²) in [5.41, 5.74) is 0.167. The van der Waals surface area contributed by atoms with Gasteiger partial charge in [0, 0.05) is 13.3 Å². The first kappa shape index (κ1) is 13.3. The van der Waals surface area contributed by atoms with Crippen LogP contribution in [0, 0.1) is 0 Å². The van der Waals surface area contributed by atoms with E-state index in [2.05, 4.69) is 5.10 Å². The molecule has 0 saturated heterocycles. The predicted molar refractivity (Wildman–Crippen MR) is 72.1 cm³/mol. The molecule has 1 unspecified atom stereocenters. The van der Waals surface area contributed by atoms with Crippen molar-refractivity contribution in [2.24, 2.45) is 5.10 Å². The first-order valence-electron chi connectivity index (χ1n) is 6.01. The van der Waals surface area contributed by atoms with E-state index in [0.29, 0.717) is 5.71 Å². The SMILES string of the molecule is COC(=O)C1(C)CC(C(C)=O)=NN1c1ccccc1. The highest BCUT2D eigenvalue weighted by Crippen LogP contribution is 2.33. The van der Waals surface area contributed by atoms with Crippen LogP contribution in [0.2, 0.25) is 0 Å². The Kier molecular flexibility index (Phi) is 3.38. The van der Waals surface area contributed by atoms with Gasteiger partial charge >= 0.3 is 5.97 Å². The van der Waals surface area contributed by atoms with Crippen LogP contribution in [0.25, 0.3) is 0 Å². The lowest BCUT2D eigenvalue weighted by Gasteiger charge is -2.31. The third-order valence-electron chi connectivity index (χ3n) is 3.23. The largest absolute Gasteiger partial charge is 0.467 e. The van der Waals surface area contributed by atoms with Crippen molar-refractivity contribution in [2.75, 3.05) is 12.1 Å². The van der Waals surface area contributed by atoms with E-state index in [9.17, 15) is 9.59 Å². The minimum atomic E-state index is -0.975. The third kappa shape index (κ3) is 2.23. The standard InChI is InChI=1S/C14H16N2O3/c1-10(17)12-9-14(2,13(18)19-3)16(15-12)11-7-5-4-6-8-11/h4-8H,9H2,1-3H3. The third-order valence-corrected chi connectivity index (χ3v) is 3.23. The number of methoxy groups -OCH3 is 1. The number of carbonyl (C=O) groups is 2. The molecule has 5 heteroatoms. The molecule has 2 rings (SSSR count). The molecule has 0 fully saturated rings. The highest BCUT2D eigenvalue weighted by Gasteiger charge is 2.47. The van der Waals surface area contributed by atoms with Crippen molar-refractivity contribution >= 4 is 23.2 Å². The van der Waals surface area contributed by atoms with Gasteiger partial charge in [-0.25, -0.2) is 9.80 Å². The normalized spacial score (nSPS) is 22.1. The van der Waals surface area contributed by atoms with Gasteiger partial charge in [-0.15, -0.1) is 0 Å². The Labute approximate surface area is 111 Å². The topological polar surface area (TPSA) is 59.0 Å². The number of hydrogen-bond donors (Lipinski definition) is 0. The van der Waals surface area contributed by atoms with Gasteiger partial charge in [0.2, 0.25) is 0 Å². The molecular formula is C14H16N2O3. The molecule has 0 amide bonds. The lowest BCUT2D eigenvalue weighted by Crippen LogP contribution is -2.48. The molecule has 5 nitrogen and oxygen atoms in total. The lowest BCUT2D eigenvalue weighted by atomic mass is 9.94. The molecule has 1 atom stereocenters. The molecule has 0 spiro atoms. The molecular weight excluding hydrogens is 244 g/mol. The number of hydrogen-bond acceptors (Lipinski definition) is 5. The fraction of sp³-hybridized carbons (Fsp3) is 0.357. The van der Waals surface area contributed by atoms with Gasteiger partial charge in [0.1, 0.15) is 5.71 Å². The van der Waals surface area contributed by atoms with Crippen LogP contribution in [-0.4, -0.2) is 30.1 Å². The van der Waals surface area contributed by atoms with Crippen LogP contribution in [0.5, 0.6) is 0 Å². The molecule has 0 radical (unpaired) electrons. The van der Waals surface area contributed by atoms with E-state index in [-0.39, 0.29) is 12.2 Å². The van der Waals surface area contributed by atoms with Gasteiger partial charge in [-0.3, -0.25) is 4.79 Å². The minimum Gasteiger partial charge on any atom is -0.467 e. The summed E-state index contributed by atoms with van der Waals surface area (Å²) in [7, 11) is 1.34. The summed E-state index contributed by atoms with van der Waals surface area (Å²) in [4.78, 5) is 23.6. The van der Waals surface area contributed by atoms with Crippen molar-refractivity contribution in [2.45, 2.75) is 25.8 Å². The summed E-state index contributed by atoms with van der Waals surface area (Å²) in [5, 5.41) is 5.84. The van der Waals surface area contributed by atoms with E-state index < -0.39 is 11.5 Å². The number of hydrazone groups is 1. The molecule has 1 aliphatic heterocycles. The maximum absolute atomic E-state index is 12.0. The zero-order valence-corrected chi connectivity index (χ0v) is 11.2. The molecule has 1 aromatic carbocycles. The highest BCUT2D eigenvalue weighted by molar-refractivity contribution is 6.40. The monoisotopic (exact) mass is 260 g/mol. The average molecular weight is 260 g/mol. The summed E-state index contributed by atoms with van der Waals surface area (Å²) in [6.07, 6.45) is 0.254. The Balaban J connectivity index is 2.46. The molecule has 100 valence electrons. The highest BCUT2D eigenvalue weighted by atomic mass is 16.5. The summed E-state index contributed by atoms with van der Waals surface area (Å²) in [6, 6.07) is 9.27. The number of anilines is 1. The van der Waals surface area contributed by atoms with Gasteiger partial charge in [0.05, 0.1) is 12.8 Å². The summed E-state index contributed by atoms with van der Waals surface area (Å²) in [6.45, 7) is 3.18. The smallest absolute Gasteiger partial charge is 0.333 e. The molecule has 1 heterocycles. The molecule has 1 aliphatic rings. The molecule has 0 aromatic heterocycles.